The fourth-order valence-corrected chi connectivity index (χ4v) is 5.45. The number of nitrogens with zero attached hydrogens (tertiary/aromatic N) is 2. The lowest BCUT2D eigenvalue weighted by Crippen LogP contribution is -2.38. The van der Waals surface area contributed by atoms with Crippen LogP contribution in [0, 0.1) is 11.3 Å². The molecule has 41 heavy (non-hydrogen) atoms. The van der Waals surface area contributed by atoms with E-state index >= 15 is 0 Å². The maximum Gasteiger partial charge on any atom is 0.205 e. The number of allylic oxidation sites excluding steroid dienone is 1. The van der Waals surface area contributed by atoms with Crippen molar-refractivity contribution in [3.63, 3.8) is 0 Å². The standard InChI is InChI=1S/C31H37N3O7/c1-8-9-34-16-20(10-18-11-23(35-2)29(39-6)24(12-18)36-3)28-22(17-34)27(21(15-32)31(33)41-28)19-13-25(37-4)30(40-7)26(14-19)38-5/h10-14,27H,8-9,16-17,33H2,1-7H3/b20-10+. The highest BCUT2D eigenvalue weighted by Crippen LogP contribution is 2.48. The van der Waals surface area contributed by atoms with E-state index in [4.69, 9.17) is 38.9 Å². The van der Waals surface area contributed by atoms with Crippen LogP contribution in [0.4, 0.5) is 0 Å². The van der Waals surface area contributed by atoms with Crippen molar-refractivity contribution in [1.29, 1.82) is 5.26 Å². The number of ether oxygens (including phenoxy) is 7. The lowest BCUT2D eigenvalue weighted by atomic mass is 9.80. The zero-order chi connectivity index (χ0) is 29.7. The summed E-state index contributed by atoms with van der Waals surface area (Å²) in [5.41, 5.74) is 10.2. The molecule has 1 unspecified atom stereocenters. The van der Waals surface area contributed by atoms with Crippen LogP contribution in [0.25, 0.3) is 6.08 Å². The van der Waals surface area contributed by atoms with Crippen LogP contribution in [0.15, 0.2) is 52.6 Å². The van der Waals surface area contributed by atoms with Crippen LogP contribution in [-0.2, 0) is 4.74 Å². The topological polar surface area (TPSA) is 118 Å². The number of hydrogen-bond donors (Lipinski definition) is 1. The van der Waals surface area contributed by atoms with E-state index in [1.807, 2.05) is 30.3 Å². The number of hydrogen-bond acceptors (Lipinski definition) is 10. The van der Waals surface area contributed by atoms with Crippen molar-refractivity contribution >= 4 is 6.08 Å². The molecule has 0 bridgehead atoms. The van der Waals surface area contributed by atoms with E-state index in [9.17, 15) is 5.26 Å². The van der Waals surface area contributed by atoms with Gasteiger partial charge < -0.3 is 38.9 Å². The third-order valence-corrected chi connectivity index (χ3v) is 7.19. The third-order valence-electron chi connectivity index (χ3n) is 7.19. The maximum absolute atomic E-state index is 10.2. The van der Waals surface area contributed by atoms with Gasteiger partial charge in [-0.2, -0.15) is 5.26 Å². The van der Waals surface area contributed by atoms with Gasteiger partial charge in [0.1, 0.15) is 17.4 Å². The first-order valence-electron chi connectivity index (χ1n) is 13.2. The zero-order valence-corrected chi connectivity index (χ0v) is 24.6. The molecule has 2 aromatic rings. The minimum Gasteiger partial charge on any atom is -0.493 e. The molecule has 0 saturated heterocycles. The Morgan fingerprint density at radius 3 is 1.88 bits per heavy atom. The van der Waals surface area contributed by atoms with Gasteiger partial charge in [-0.25, -0.2) is 0 Å². The molecule has 0 aliphatic carbocycles. The van der Waals surface area contributed by atoms with Gasteiger partial charge in [0.2, 0.25) is 17.4 Å². The smallest absolute Gasteiger partial charge is 0.205 e. The van der Waals surface area contributed by atoms with Gasteiger partial charge in [-0.3, -0.25) is 4.90 Å². The molecule has 0 radical (unpaired) electrons. The molecule has 0 aromatic heterocycles. The number of benzene rings is 2. The van der Waals surface area contributed by atoms with Crippen LogP contribution in [0.5, 0.6) is 34.5 Å². The lowest BCUT2D eigenvalue weighted by molar-refractivity contribution is 0.234. The monoisotopic (exact) mass is 563 g/mol. The second-order valence-corrected chi connectivity index (χ2v) is 9.58. The van der Waals surface area contributed by atoms with Gasteiger partial charge in [-0.1, -0.05) is 6.92 Å². The Balaban J connectivity index is 1.95. The zero-order valence-electron chi connectivity index (χ0n) is 24.6. The molecule has 10 nitrogen and oxygen atoms in total. The molecular weight excluding hydrogens is 526 g/mol. The highest BCUT2D eigenvalue weighted by atomic mass is 16.5. The quantitative estimate of drug-likeness (QED) is 0.439. The van der Waals surface area contributed by atoms with E-state index in [1.54, 1.807) is 42.7 Å². The molecule has 2 aliphatic rings. The van der Waals surface area contributed by atoms with E-state index in [2.05, 4.69) is 17.9 Å². The Morgan fingerprint density at radius 2 is 1.41 bits per heavy atom. The summed E-state index contributed by atoms with van der Waals surface area (Å²) in [6.07, 6.45) is 2.98. The molecule has 0 fully saturated rings. The van der Waals surface area contributed by atoms with E-state index in [0.717, 1.165) is 35.2 Å². The van der Waals surface area contributed by atoms with Crippen LogP contribution in [0.1, 0.15) is 30.4 Å². The Kier molecular flexibility index (Phi) is 9.20. The van der Waals surface area contributed by atoms with Crippen molar-refractivity contribution in [3.8, 4) is 40.6 Å². The molecular formula is C31H37N3O7. The van der Waals surface area contributed by atoms with Crippen molar-refractivity contribution < 1.29 is 33.2 Å². The van der Waals surface area contributed by atoms with Crippen molar-refractivity contribution in [2.75, 3.05) is 62.3 Å². The average Bonchev–Trinajstić information content (AvgIpc) is 2.99. The summed E-state index contributed by atoms with van der Waals surface area (Å²) in [7, 11) is 9.41. The van der Waals surface area contributed by atoms with Gasteiger partial charge in [0, 0.05) is 18.7 Å². The van der Waals surface area contributed by atoms with Crippen LogP contribution in [-0.4, -0.2) is 67.2 Å². The van der Waals surface area contributed by atoms with Crippen molar-refractivity contribution in [2.24, 2.45) is 5.73 Å². The Hall–Kier alpha value is -4.49. The van der Waals surface area contributed by atoms with Gasteiger partial charge in [0.05, 0.1) is 48.6 Å². The largest absolute Gasteiger partial charge is 0.493 e. The number of nitriles is 1. The Labute approximate surface area is 241 Å². The SMILES string of the molecule is CCCN1CC2=C(OC(N)=C(C#N)C2c2cc(OC)c(OC)c(OC)c2)/C(=C/c2cc(OC)c(OC)c(OC)c2)C1. The average molecular weight is 564 g/mol. The summed E-state index contributed by atoms with van der Waals surface area (Å²) in [5, 5.41) is 10.2. The normalized spacial score (nSPS) is 17.9. The molecule has 10 heteroatoms. The second-order valence-electron chi connectivity index (χ2n) is 9.58. The highest BCUT2D eigenvalue weighted by Gasteiger charge is 2.38. The molecule has 2 heterocycles. The predicted octanol–water partition coefficient (Wildman–Crippen LogP) is 4.61. The van der Waals surface area contributed by atoms with Gasteiger partial charge >= 0.3 is 0 Å². The fraction of sp³-hybridized carbons (Fsp3) is 0.387. The summed E-state index contributed by atoms with van der Waals surface area (Å²) in [5.74, 6) is 3.25. The van der Waals surface area contributed by atoms with Gasteiger partial charge in [0.25, 0.3) is 0 Å². The van der Waals surface area contributed by atoms with Crippen LogP contribution < -0.4 is 34.2 Å². The summed E-state index contributed by atoms with van der Waals surface area (Å²) >= 11 is 0. The first-order valence-corrected chi connectivity index (χ1v) is 13.2. The van der Waals surface area contributed by atoms with Crippen LogP contribution in [0.2, 0.25) is 0 Å². The molecule has 0 saturated carbocycles. The second kappa shape index (κ2) is 12.8. The third kappa shape index (κ3) is 5.58. The summed E-state index contributed by atoms with van der Waals surface area (Å²) in [6.45, 7) is 4.21. The molecule has 4 rings (SSSR count). The van der Waals surface area contributed by atoms with E-state index in [1.165, 1.54) is 0 Å². The summed E-state index contributed by atoms with van der Waals surface area (Å²) in [6, 6.07) is 9.76. The van der Waals surface area contributed by atoms with E-state index < -0.39 is 5.92 Å². The number of nitrogens with two attached hydrogens (primary N) is 1. The number of methoxy groups -OCH3 is 6. The highest BCUT2D eigenvalue weighted by molar-refractivity contribution is 5.68. The van der Waals surface area contributed by atoms with Crippen molar-refractivity contribution in [3.05, 3.63) is 63.8 Å². The van der Waals surface area contributed by atoms with E-state index in [0.29, 0.717) is 58.9 Å². The maximum atomic E-state index is 10.2. The van der Waals surface area contributed by atoms with Crippen LogP contribution >= 0.6 is 0 Å². The summed E-state index contributed by atoms with van der Waals surface area (Å²) < 4.78 is 39.6. The first kappa shape index (κ1) is 29.5. The van der Waals surface area contributed by atoms with Crippen molar-refractivity contribution in [2.45, 2.75) is 19.3 Å². The molecule has 1 atom stereocenters. The Bertz CT molecular complexity index is 1390. The molecule has 2 N–H and O–H groups in total. The first-order chi connectivity index (χ1) is 19.9. The molecule has 2 aliphatic heterocycles. The minimum absolute atomic E-state index is 0.0599. The predicted molar refractivity (Wildman–Crippen MR) is 155 cm³/mol. The van der Waals surface area contributed by atoms with Gasteiger partial charge in [0.15, 0.2) is 23.0 Å². The molecule has 218 valence electrons. The van der Waals surface area contributed by atoms with Gasteiger partial charge in [-0.15, -0.1) is 0 Å². The molecule has 2 aromatic carbocycles. The lowest BCUT2D eigenvalue weighted by Gasteiger charge is -2.38. The van der Waals surface area contributed by atoms with Gasteiger partial charge in [-0.05, 0) is 60.0 Å². The minimum atomic E-state index is -0.486. The number of rotatable bonds is 10. The Morgan fingerprint density at radius 1 is 0.878 bits per heavy atom. The molecule has 0 spiro atoms. The van der Waals surface area contributed by atoms with Crippen molar-refractivity contribution in [1.82, 2.24) is 4.90 Å². The fourth-order valence-electron chi connectivity index (χ4n) is 5.45. The molecule has 0 amide bonds. The van der Waals surface area contributed by atoms with Crippen LogP contribution in [0.3, 0.4) is 0 Å². The van der Waals surface area contributed by atoms with E-state index in [-0.39, 0.29) is 5.88 Å². The summed E-state index contributed by atoms with van der Waals surface area (Å²) in [4.78, 5) is 2.33.